The average molecular weight is 533 g/mol. The molecule has 0 saturated heterocycles. The lowest BCUT2D eigenvalue weighted by Crippen LogP contribution is -2.07. The Bertz CT molecular complexity index is 601. The van der Waals surface area contributed by atoms with Gasteiger partial charge in [-0.1, -0.05) is 143 Å². The minimum Gasteiger partial charge on any atom is -0.490 e. The minimum absolute atomic E-state index is 0.737. The van der Waals surface area contributed by atoms with Gasteiger partial charge < -0.3 is 14.2 Å². The van der Waals surface area contributed by atoms with Crippen molar-refractivity contribution in [2.75, 3.05) is 19.8 Å². The molecule has 0 atom stereocenters. The molecule has 1 aromatic carbocycles. The maximum absolute atomic E-state index is 6.39. The highest BCUT2D eigenvalue weighted by atomic mass is 16.5. The molecule has 1 aromatic rings. The van der Waals surface area contributed by atoms with Crippen molar-refractivity contribution >= 4 is 0 Å². The van der Waals surface area contributed by atoms with Crippen molar-refractivity contribution in [3.63, 3.8) is 0 Å². The Hall–Kier alpha value is -1.38. The molecular weight excluding hydrogens is 468 g/mol. The lowest BCUT2D eigenvalue weighted by Gasteiger charge is -2.19. The zero-order valence-electron chi connectivity index (χ0n) is 26.1. The van der Waals surface area contributed by atoms with E-state index in [1.54, 1.807) is 0 Å². The first-order valence-electron chi connectivity index (χ1n) is 16.8. The van der Waals surface area contributed by atoms with E-state index in [4.69, 9.17) is 14.2 Å². The van der Waals surface area contributed by atoms with Gasteiger partial charge in [0.25, 0.3) is 0 Å². The lowest BCUT2D eigenvalue weighted by molar-refractivity contribution is 0.234. The van der Waals surface area contributed by atoms with Crippen LogP contribution in [0.3, 0.4) is 0 Å². The molecule has 0 spiro atoms. The number of rotatable bonds is 28. The van der Waals surface area contributed by atoms with Crippen molar-refractivity contribution in [1.29, 1.82) is 0 Å². The largest absolute Gasteiger partial charge is 0.490 e. The Balaban J connectivity index is 2.64. The van der Waals surface area contributed by atoms with Gasteiger partial charge in [0.2, 0.25) is 5.75 Å². The van der Waals surface area contributed by atoms with Gasteiger partial charge in [0.1, 0.15) is 0 Å². The van der Waals surface area contributed by atoms with E-state index in [-0.39, 0.29) is 0 Å². The quantitative estimate of drug-likeness (QED) is 0.100. The molecule has 3 nitrogen and oxygen atoms in total. The Kier molecular flexibility index (Phi) is 23.6. The molecular formula is C35H64O3. The maximum atomic E-state index is 6.39. The smallest absolute Gasteiger partial charge is 0.203 e. The second-order valence-electron chi connectivity index (χ2n) is 11.2. The Morgan fingerprint density at radius 3 is 1.05 bits per heavy atom. The zero-order chi connectivity index (χ0) is 27.5. The number of hydrogen-bond acceptors (Lipinski definition) is 3. The SMILES string of the molecule is CCCCCCCCCOc1cc(CC)cc(OCCCCCCCCC)c1OCCCCCCCCC. The van der Waals surface area contributed by atoms with Crippen LogP contribution < -0.4 is 14.2 Å². The first kappa shape index (κ1) is 34.6. The van der Waals surface area contributed by atoms with Crippen molar-refractivity contribution in [3.8, 4) is 17.2 Å². The highest BCUT2D eigenvalue weighted by Crippen LogP contribution is 2.39. The Labute approximate surface area is 237 Å². The van der Waals surface area contributed by atoms with E-state index in [1.807, 2.05) is 0 Å². The monoisotopic (exact) mass is 532 g/mol. The molecule has 222 valence electrons. The predicted molar refractivity (Wildman–Crippen MR) is 166 cm³/mol. The van der Waals surface area contributed by atoms with Crippen LogP contribution in [0.25, 0.3) is 0 Å². The summed E-state index contributed by atoms with van der Waals surface area (Å²) in [5, 5.41) is 0. The lowest BCUT2D eigenvalue weighted by atomic mass is 10.1. The second kappa shape index (κ2) is 25.9. The summed E-state index contributed by atoms with van der Waals surface area (Å²) >= 11 is 0. The van der Waals surface area contributed by atoms with E-state index >= 15 is 0 Å². The third-order valence-corrected chi connectivity index (χ3v) is 7.49. The number of benzene rings is 1. The second-order valence-corrected chi connectivity index (χ2v) is 11.2. The minimum atomic E-state index is 0.737. The van der Waals surface area contributed by atoms with Gasteiger partial charge in [0.15, 0.2) is 11.5 Å². The summed E-state index contributed by atoms with van der Waals surface area (Å²) in [6, 6.07) is 4.36. The molecule has 0 amide bonds. The highest BCUT2D eigenvalue weighted by molar-refractivity contribution is 5.54. The molecule has 0 bridgehead atoms. The summed E-state index contributed by atoms with van der Waals surface area (Å²) in [6.45, 7) is 11.3. The van der Waals surface area contributed by atoms with Crippen molar-refractivity contribution in [3.05, 3.63) is 17.7 Å². The van der Waals surface area contributed by atoms with E-state index in [2.05, 4.69) is 39.8 Å². The van der Waals surface area contributed by atoms with Crippen LogP contribution in [0.5, 0.6) is 17.2 Å². The topological polar surface area (TPSA) is 27.7 Å². The van der Waals surface area contributed by atoms with Gasteiger partial charge in [-0.2, -0.15) is 0 Å². The van der Waals surface area contributed by atoms with Crippen LogP contribution in [0.4, 0.5) is 0 Å². The summed E-state index contributed by atoms with van der Waals surface area (Å²) in [6.07, 6.45) is 28.1. The molecule has 0 radical (unpaired) electrons. The molecule has 0 N–H and O–H groups in total. The molecule has 3 heteroatoms. The molecule has 38 heavy (non-hydrogen) atoms. The maximum Gasteiger partial charge on any atom is 0.203 e. The van der Waals surface area contributed by atoms with Crippen LogP contribution >= 0.6 is 0 Å². The molecule has 0 aliphatic rings. The van der Waals surface area contributed by atoms with E-state index in [1.165, 1.54) is 121 Å². The number of hydrogen-bond donors (Lipinski definition) is 0. The van der Waals surface area contributed by atoms with Crippen molar-refractivity contribution in [2.24, 2.45) is 0 Å². The molecule has 0 heterocycles. The number of ether oxygens (including phenoxy) is 3. The Morgan fingerprint density at radius 2 is 0.711 bits per heavy atom. The fraction of sp³-hybridized carbons (Fsp3) is 0.829. The fourth-order valence-corrected chi connectivity index (χ4v) is 4.91. The zero-order valence-corrected chi connectivity index (χ0v) is 26.1. The molecule has 0 aliphatic carbocycles. The fourth-order valence-electron chi connectivity index (χ4n) is 4.91. The van der Waals surface area contributed by atoms with Crippen molar-refractivity contribution < 1.29 is 14.2 Å². The molecule has 0 aromatic heterocycles. The van der Waals surface area contributed by atoms with Crippen LogP contribution in [-0.4, -0.2) is 19.8 Å². The van der Waals surface area contributed by atoms with Gasteiger partial charge in [-0.3, -0.25) is 0 Å². The predicted octanol–water partition coefficient (Wildman–Crippen LogP) is 11.6. The van der Waals surface area contributed by atoms with Crippen LogP contribution in [0.2, 0.25) is 0 Å². The van der Waals surface area contributed by atoms with Crippen molar-refractivity contribution in [2.45, 2.75) is 169 Å². The summed E-state index contributed by atoms with van der Waals surface area (Å²) in [4.78, 5) is 0. The molecule has 0 unspecified atom stereocenters. The van der Waals surface area contributed by atoms with E-state index in [0.29, 0.717) is 0 Å². The molecule has 1 rings (SSSR count). The van der Waals surface area contributed by atoms with Gasteiger partial charge in [-0.15, -0.1) is 0 Å². The standard InChI is InChI=1S/C35H64O3/c1-5-9-12-15-18-21-24-27-36-33-30-32(8-4)31-34(37-28-25-22-19-16-13-10-6-2)35(33)38-29-26-23-20-17-14-11-7-3/h30-31H,5-29H2,1-4H3. The highest BCUT2D eigenvalue weighted by Gasteiger charge is 2.15. The number of unbranched alkanes of at least 4 members (excludes halogenated alkanes) is 18. The van der Waals surface area contributed by atoms with Gasteiger partial charge in [-0.05, 0) is 43.4 Å². The third-order valence-electron chi connectivity index (χ3n) is 7.49. The van der Waals surface area contributed by atoms with E-state index in [9.17, 15) is 0 Å². The molecule has 0 saturated carbocycles. The summed E-state index contributed by atoms with van der Waals surface area (Å²) in [5.74, 6) is 2.60. The van der Waals surface area contributed by atoms with Gasteiger partial charge in [0, 0.05) is 0 Å². The van der Waals surface area contributed by atoms with Gasteiger partial charge in [0.05, 0.1) is 19.8 Å². The molecule has 0 aliphatic heterocycles. The number of aryl methyl sites for hydroxylation is 1. The summed E-state index contributed by atoms with van der Waals surface area (Å²) in [7, 11) is 0. The van der Waals surface area contributed by atoms with E-state index < -0.39 is 0 Å². The van der Waals surface area contributed by atoms with Gasteiger partial charge in [-0.25, -0.2) is 0 Å². The van der Waals surface area contributed by atoms with Crippen molar-refractivity contribution in [1.82, 2.24) is 0 Å². The summed E-state index contributed by atoms with van der Waals surface area (Å²) < 4.78 is 19.1. The average Bonchev–Trinajstić information content (AvgIpc) is 2.93. The summed E-state index contributed by atoms with van der Waals surface area (Å²) in [5.41, 5.74) is 1.26. The van der Waals surface area contributed by atoms with E-state index in [0.717, 1.165) is 62.8 Å². The molecule has 0 fully saturated rings. The van der Waals surface area contributed by atoms with Crippen LogP contribution in [0.1, 0.15) is 168 Å². The van der Waals surface area contributed by atoms with Gasteiger partial charge >= 0.3 is 0 Å². The first-order valence-corrected chi connectivity index (χ1v) is 16.8. The van der Waals surface area contributed by atoms with Crippen LogP contribution in [0, 0.1) is 0 Å². The third kappa shape index (κ3) is 18.0. The van der Waals surface area contributed by atoms with Crippen LogP contribution in [-0.2, 0) is 6.42 Å². The Morgan fingerprint density at radius 1 is 0.395 bits per heavy atom. The van der Waals surface area contributed by atoms with Crippen LogP contribution in [0.15, 0.2) is 12.1 Å². The first-order chi connectivity index (χ1) is 18.8. The normalized spacial score (nSPS) is 11.2.